The van der Waals surface area contributed by atoms with Gasteiger partial charge in [-0.2, -0.15) is 0 Å². The second-order valence-electron chi connectivity index (χ2n) is 5.16. The van der Waals surface area contributed by atoms with E-state index in [0.717, 1.165) is 9.54 Å². The summed E-state index contributed by atoms with van der Waals surface area (Å²) in [6.07, 6.45) is 2.66. The number of aromatic nitrogens is 1. The van der Waals surface area contributed by atoms with E-state index >= 15 is 0 Å². The molecule has 0 saturated carbocycles. The molecule has 6 nitrogen and oxygen atoms in total. The highest BCUT2D eigenvalue weighted by Gasteiger charge is 2.18. The zero-order valence-corrected chi connectivity index (χ0v) is 14.5. The Labute approximate surface area is 142 Å². The van der Waals surface area contributed by atoms with Crippen molar-refractivity contribution in [1.82, 2.24) is 9.29 Å². The molecule has 1 aromatic carbocycles. The summed E-state index contributed by atoms with van der Waals surface area (Å²) < 4.78 is 26.0. The van der Waals surface area contributed by atoms with Gasteiger partial charge >= 0.3 is 0 Å². The van der Waals surface area contributed by atoms with E-state index in [4.69, 9.17) is 5.73 Å². The van der Waals surface area contributed by atoms with Crippen molar-refractivity contribution in [3.8, 4) is 0 Å². The number of carbonyl (C=O) groups excluding carboxylic acids is 1. The zero-order valence-electron chi connectivity index (χ0n) is 12.9. The SMILES string of the molecule is Cc1ccc(S(=O)(=O)n2ccc(C(=O)N[C@@H](C)CN)c2)cc1.Cl. The van der Waals surface area contributed by atoms with Gasteiger partial charge in [0.15, 0.2) is 0 Å². The molecule has 23 heavy (non-hydrogen) atoms. The first-order valence-corrected chi connectivity index (χ1v) is 8.30. The first-order chi connectivity index (χ1) is 10.3. The maximum absolute atomic E-state index is 12.5. The summed E-state index contributed by atoms with van der Waals surface area (Å²) >= 11 is 0. The van der Waals surface area contributed by atoms with Gasteiger partial charge in [-0.05, 0) is 32.0 Å². The normalized spacial score (nSPS) is 12.3. The third-order valence-electron chi connectivity index (χ3n) is 3.26. The Kier molecular flexibility index (Phi) is 6.37. The lowest BCUT2D eigenvalue weighted by Gasteiger charge is -2.10. The van der Waals surface area contributed by atoms with Crippen LogP contribution in [-0.2, 0) is 10.0 Å². The van der Waals surface area contributed by atoms with Crippen molar-refractivity contribution in [2.75, 3.05) is 6.54 Å². The van der Waals surface area contributed by atoms with Gasteiger partial charge in [0.05, 0.1) is 10.5 Å². The van der Waals surface area contributed by atoms with Crippen LogP contribution in [0.4, 0.5) is 0 Å². The van der Waals surface area contributed by atoms with Gasteiger partial charge < -0.3 is 11.1 Å². The summed E-state index contributed by atoms with van der Waals surface area (Å²) in [5.74, 6) is -0.351. The van der Waals surface area contributed by atoms with Crippen molar-refractivity contribution in [3.05, 3.63) is 53.9 Å². The Morgan fingerprint density at radius 3 is 2.43 bits per heavy atom. The monoisotopic (exact) mass is 357 g/mol. The topological polar surface area (TPSA) is 94.2 Å². The maximum Gasteiger partial charge on any atom is 0.267 e. The van der Waals surface area contributed by atoms with E-state index in [0.29, 0.717) is 6.54 Å². The molecule has 0 radical (unpaired) electrons. The van der Waals surface area contributed by atoms with Crippen LogP contribution >= 0.6 is 12.4 Å². The molecule has 2 rings (SSSR count). The fourth-order valence-electron chi connectivity index (χ4n) is 1.86. The van der Waals surface area contributed by atoms with Crippen LogP contribution in [0.25, 0.3) is 0 Å². The Balaban J connectivity index is 0.00000264. The number of benzene rings is 1. The molecular weight excluding hydrogens is 338 g/mol. The Morgan fingerprint density at radius 2 is 1.87 bits per heavy atom. The molecule has 1 amide bonds. The summed E-state index contributed by atoms with van der Waals surface area (Å²) in [5, 5.41) is 2.69. The average molecular weight is 358 g/mol. The molecule has 0 unspecified atom stereocenters. The van der Waals surface area contributed by atoms with E-state index in [2.05, 4.69) is 5.32 Å². The zero-order chi connectivity index (χ0) is 16.3. The van der Waals surface area contributed by atoms with Crippen molar-refractivity contribution in [2.24, 2.45) is 5.73 Å². The van der Waals surface area contributed by atoms with E-state index in [1.807, 2.05) is 6.92 Å². The van der Waals surface area contributed by atoms with Crippen LogP contribution in [0, 0.1) is 6.92 Å². The molecule has 2 aromatic rings. The molecular formula is C15H20ClN3O3S. The van der Waals surface area contributed by atoms with Gasteiger partial charge in [-0.3, -0.25) is 4.79 Å². The number of hydrogen-bond acceptors (Lipinski definition) is 4. The van der Waals surface area contributed by atoms with E-state index in [1.54, 1.807) is 31.2 Å². The highest BCUT2D eigenvalue weighted by atomic mass is 35.5. The van der Waals surface area contributed by atoms with Crippen LogP contribution in [0.1, 0.15) is 22.8 Å². The maximum atomic E-state index is 12.5. The second-order valence-corrected chi connectivity index (χ2v) is 7.00. The number of halogens is 1. The van der Waals surface area contributed by atoms with E-state index in [-0.39, 0.29) is 34.8 Å². The molecule has 0 bridgehead atoms. The lowest BCUT2D eigenvalue weighted by molar-refractivity contribution is 0.0941. The summed E-state index contributed by atoms with van der Waals surface area (Å²) in [4.78, 5) is 12.1. The molecule has 1 atom stereocenters. The lowest BCUT2D eigenvalue weighted by atomic mass is 10.2. The van der Waals surface area contributed by atoms with Crippen LogP contribution in [-0.4, -0.2) is 30.9 Å². The van der Waals surface area contributed by atoms with E-state index < -0.39 is 10.0 Å². The Bertz CT molecular complexity index is 770. The molecule has 0 spiro atoms. The van der Waals surface area contributed by atoms with E-state index in [9.17, 15) is 13.2 Å². The summed E-state index contributed by atoms with van der Waals surface area (Å²) in [5.41, 5.74) is 6.69. The third kappa shape index (κ3) is 4.34. The van der Waals surface area contributed by atoms with Crippen LogP contribution in [0.3, 0.4) is 0 Å². The summed E-state index contributed by atoms with van der Waals surface area (Å²) in [6.45, 7) is 3.97. The molecule has 0 aliphatic heterocycles. The quantitative estimate of drug-likeness (QED) is 0.848. The van der Waals surface area contributed by atoms with Gasteiger partial charge in [0.1, 0.15) is 0 Å². The van der Waals surface area contributed by atoms with Gasteiger partial charge in [0, 0.05) is 25.0 Å². The van der Waals surface area contributed by atoms with Crippen molar-refractivity contribution in [3.63, 3.8) is 0 Å². The lowest BCUT2D eigenvalue weighted by Crippen LogP contribution is -2.37. The number of hydrogen-bond donors (Lipinski definition) is 2. The molecule has 0 saturated heterocycles. The number of nitrogens with zero attached hydrogens (tertiary/aromatic N) is 1. The number of rotatable bonds is 5. The molecule has 0 fully saturated rings. The molecule has 1 aromatic heterocycles. The average Bonchev–Trinajstić information content (AvgIpc) is 2.98. The third-order valence-corrected chi connectivity index (χ3v) is 4.91. The highest BCUT2D eigenvalue weighted by Crippen LogP contribution is 2.16. The van der Waals surface area contributed by atoms with Gasteiger partial charge in [-0.15, -0.1) is 12.4 Å². The molecule has 0 aliphatic carbocycles. The Morgan fingerprint density at radius 1 is 1.26 bits per heavy atom. The molecule has 8 heteroatoms. The summed E-state index contributed by atoms with van der Waals surface area (Å²) in [7, 11) is -3.69. The number of carbonyl (C=O) groups is 1. The molecule has 3 N–H and O–H groups in total. The number of nitrogens with one attached hydrogen (secondary N) is 1. The predicted molar refractivity (Wildman–Crippen MR) is 91.4 cm³/mol. The fourth-order valence-corrected chi connectivity index (χ4v) is 3.06. The molecule has 1 heterocycles. The number of aryl methyl sites for hydroxylation is 1. The number of nitrogens with two attached hydrogens (primary N) is 1. The van der Waals surface area contributed by atoms with Crippen molar-refractivity contribution in [1.29, 1.82) is 0 Å². The smallest absolute Gasteiger partial charge is 0.267 e. The minimum Gasteiger partial charge on any atom is -0.348 e. The van der Waals surface area contributed by atoms with E-state index in [1.165, 1.54) is 18.5 Å². The van der Waals surface area contributed by atoms with Crippen LogP contribution in [0.2, 0.25) is 0 Å². The van der Waals surface area contributed by atoms with Crippen LogP contribution in [0.5, 0.6) is 0 Å². The van der Waals surface area contributed by atoms with Gasteiger partial charge in [0.2, 0.25) is 0 Å². The first-order valence-electron chi connectivity index (χ1n) is 6.86. The van der Waals surface area contributed by atoms with Gasteiger partial charge in [-0.25, -0.2) is 12.4 Å². The number of amides is 1. The van der Waals surface area contributed by atoms with Crippen molar-refractivity contribution in [2.45, 2.75) is 24.8 Å². The standard InChI is InChI=1S/C15H19N3O3S.ClH/c1-11-3-5-14(6-4-11)22(20,21)18-8-7-13(10-18)15(19)17-12(2)9-16;/h3-8,10,12H,9,16H2,1-2H3,(H,17,19);1H/t12-;/m0./s1. The summed E-state index contributed by atoms with van der Waals surface area (Å²) in [6, 6.07) is 7.83. The molecule has 126 valence electrons. The predicted octanol–water partition coefficient (Wildman–Crippen LogP) is 1.53. The highest BCUT2D eigenvalue weighted by molar-refractivity contribution is 7.90. The molecule has 0 aliphatic rings. The van der Waals surface area contributed by atoms with Crippen LogP contribution < -0.4 is 11.1 Å². The minimum absolute atomic E-state index is 0. The van der Waals surface area contributed by atoms with Crippen molar-refractivity contribution < 1.29 is 13.2 Å². The second kappa shape index (κ2) is 7.63. The van der Waals surface area contributed by atoms with Gasteiger partial charge in [0.25, 0.3) is 15.9 Å². The van der Waals surface area contributed by atoms with Crippen LogP contribution in [0.15, 0.2) is 47.6 Å². The first kappa shape index (κ1) is 19.2. The fraction of sp³-hybridized carbons (Fsp3) is 0.267. The largest absolute Gasteiger partial charge is 0.348 e. The minimum atomic E-state index is -3.69. The van der Waals surface area contributed by atoms with Gasteiger partial charge in [-0.1, -0.05) is 17.7 Å². The Hall–Kier alpha value is -1.83. The van der Waals surface area contributed by atoms with Crippen molar-refractivity contribution >= 4 is 28.3 Å².